The van der Waals surface area contributed by atoms with Crippen LogP contribution in [0.5, 0.6) is 5.75 Å². The van der Waals surface area contributed by atoms with E-state index in [0.717, 1.165) is 22.5 Å². The minimum atomic E-state index is -1.23. The van der Waals surface area contributed by atoms with Gasteiger partial charge in [-0.3, -0.25) is 4.79 Å². The number of ether oxygens (including phenoxy) is 1. The summed E-state index contributed by atoms with van der Waals surface area (Å²) in [5.41, 5.74) is 3.84. The Morgan fingerprint density at radius 3 is 2.85 bits per heavy atom. The van der Waals surface area contributed by atoms with Crippen molar-refractivity contribution in [2.24, 2.45) is 0 Å². The summed E-state index contributed by atoms with van der Waals surface area (Å²) in [7, 11) is 0. The molecule has 0 fully saturated rings. The lowest BCUT2D eigenvalue weighted by Crippen LogP contribution is -2.42. The van der Waals surface area contributed by atoms with Crippen LogP contribution in [0.2, 0.25) is 0 Å². The number of nitriles is 1. The van der Waals surface area contributed by atoms with Crippen LogP contribution in [-0.4, -0.2) is 61.2 Å². The highest BCUT2D eigenvalue weighted by molar-refractivity contribution is 7.17. The van der Waals surface area contributed by atoms with Crippen LogP contribution in [0.4, 0.5) is 4.79 Å². The van der Waals surface area contributed by atoms with Gasteiger partial charge in [-0.25, -0.2) is 9.48 Å². The summed E-state index contributed by atoms with van der Waals surface area (Å²) >= 11 is 1.35. The highest BCUT2D eigenvalue weighted by Gasteiger charge is 2.27. The van der Waals surface area contributed by atoms with Gasteiger partial charge in [-0.1, -0.05) is 11.3 Å². The summed E-state index contributed by atoms with van der Waals surface area (Å²) in [6, 6.07) is 7.51. The van der Waals surface area contributed by atoms with Gasteiger partial charge in [-0.15, -0.1) is 10.2 Å². The molecule has 12 heteroatoms. The van der Waals surface area contributed by atoms with Crippen molar-refractivity contribution in [2.45, 2.75) is 39.8 Å². The molecule has 0 radical (unpaired) electrons. The Balaban J connectivity index is 1.56. The van der Waals surface area contributed by atoms with Crippen LogP contribution in [0.25, 0.3) is 15.7 Å². The van der Waals surface area contributed by atoms with Crippen LogP contribution in [0.15, 0.2) is 18.2 Å². The monoisotopic (exact) mass is 481 g/mol. The van der Waals surface area contributed by atoms with Crippen molar-refractivity contribution in [3.63, 3.8) is 0 Å². The first-order valence-corrected chi connectivity index (χ1v) is 11.5. The molecule has 0 bridgehead atoms. The molecule has 3 heterocycles. The van der Waals surface area contributed by atoms with Gasteiger partial charge in [0.15, 0.2) is 0 Å². The molecule has 0 atom stereocenters. The van der Waals surface area contributed by atoms with Gasteiger partial charge in [-0.05, 0) is 39.0 Å². The molecule has 176 valence electrons. The number of carbonyl (C=O) groups is 2. The van der Waals surface area contributed by atoms with Crippen LogP contribution >= 0.6 is 11.3 Å². The fraction of sp³-hybridized carbons (Fsp3) is 0.364. The van der Waals surface area contributed by atoms with Crippen LogP contribution in [0, 0.1) is 18.3 Å². The number of hydrogen-bond donors (Lipinski definition) is 2. The van der Waals surface area contributed by atoms with Crippen molar-refractivity contribution in [1.29, 1.82) is 5.26 Å². The van der Waals surface area contributed by atoms with Crippen LogP contribution < -0.4 is 10.1 Å². The molecule has 3 aromatic rings. The lowest BCUT2D eigenvalue weighted by Gasteiger charge is -2.26. The predicted molar refractivity (Wildman–Crippen MR) is 123 cm³/mol. The third-order valence-electron chi connectivity index (χ3n) is 5.34. The topological polar surface area (TPSA) is 146 Å². The number of rotatable bonds is 6. The van der Waals surface area contributed by atoms with E-state index in [1.165, 1.54) is 11.3 Å². The smallest absolute Gasteiger partial charge is 0.405 e. The van der Waals surface area contributed by atoms with Crippen molar-refractivity contribution in [3.05, 3.63) is 40.7 Å². The van der Waals surface area contributed by atoms with Crippen LogP contribution in [0.1, 0.15) is 36.4 Å². The molecule has 0 saturated heterocycles. The van der Waals surface area contributed by atoms with Crippen LogP contribution in [-0.2, 0) is 17.8 Å². The summed E-state index contributed by atoms with van der Waals surface area (Å²) in [5, 5.41) is 34.8. The minimum absolute atomic E-state index is 0.0421. The van der Waals surface area contributed by atoms with Gasteiger partial charge in [-0.2, -0.15) is 10.4 Å². The molecule has 0 spiro atoms. The zero-order chi connectivity index (χ0) is 24.4. The molecule has 11 nitrogen and oxygen atoms in total. The summed E-state index contributed by atoms with van der Waals surface area (Å²) < 4.78 is 7.41. The fourth-order valence-corrected chi connectivity index (χ4v) is 4.54. The third kappa shape index (κ3) is 4.69. The average Bonchev–Trinajstić information content (AvgIpc) is 3.42. The maximum absolute atomic E-state index is 12.3. The zero-order valence-corrected chi connectivity index (χ0v) is 19.7. The van der Waals surface area contributed by atoms with E-state index < -0.39 is 6.09 Å². The number of nitrogens with one attached hydrogen (secondary N) is 1. The van der Waals surface area contributed by atoms with Crippen molar-refractivity contribution >= 4 is 23.3 Å². The molecule has 1 aliphatic rings. The van der Waals surface area contributed by atoms with Gasteiger partial charge in [0.25, 0.3) is 0 Å². The van der Waals surface area contributed by atoms with Crippen molar-refractivity contribution in [2.75, 3.05) is 13.1 Å². The quantitative estimate of drug-likeness (QED) is 0.546. The summed E-state index contributed by atoms with van der Waals surface area (Å²) in [6.07, 6.45) is -0.707. The van der Waals surface area contributed by atoms with E-state index >= 15 is 0 Å². The van der Waals surface area contributed by atoms with E-state index in [4.69, 9.17) is 9.84 Å². The van der Waals surface area contributed by atoms with Gasteiger partial charge in [0.1, 0.15) is 23.4 Å². The molecule has 2 aromatic heterocycles. The van der Waals surface area contributed by atoms with E-state index in [9.17, 15) is 14.9 Å². The number of amides is 2. The van der Waals surface area contributed by atoms with Gasteiger partial charge in [0, 0.05) is 36.3 Å². The fourth-order valence-electron chi connectivity index (χ4n) is 3.70. The van der Waals surface area contributed by atoms with Crippen molar-refractivity contribution in [3.8, 4) is 27.5 Å². The Morgan fingerprint density at radius 2 is 2.15 bits per heavy atom. The normalized spacial score (nSPS) is 12.9. The molecular weight excluding hydrogens is 458 g/mol. The van der Waals surface area contributed by atoms with Gasteiger partial charge in [0.2, 0.25) is 11.0 Å². The SMILES string of the molecule is Cc1c2c(nn1-c1nnc(-c3ccc(OC(C)C)c(C#N)c3)s1)CCN(C(=O)CNC(=O)O)C2. The lowest BCUT2D eigenvalue weighted by molar-refractivity contribution is -0.131. The molecule has 1 aromatic carbocycles. The second kappa shape index (κ2) is 9.48. The molecule has 0 unspecified atom stereocenters. The van der Waals surface area contributed by atoms with E-state index in [-0.39, 0.29) is 18.6 Å². The average molecular weight is 482 g/mol. The molecular formula is C22H23N7O4S. The highest BCUT2D eigenvalue weighted by atomic mass is 32.1. The Hall–Kier alpha value is -3.98. The Labute approximate surface area is 199 Å². The van der Waals surface area contributed by atoms with Gasteiger partial charge >= 0.3 is 6.09 Å². The number of hydrogen-bond acceptors (Lipinski definition) is 8. The maximum atomic E-state index is 12.3. The minimum Gasteiger partial charge on any atom is -0.490 e. The standard InChI is InChI=1S/C22H23N7O4S/c1-12(2)33-18-5-4-14(8-15(18)9-23)20-25-26-21(34-20)29-13(3)16-11-28(7-6-17(16)27-29)19(30)10-24-22(31)32/h4-5,8,12,24H,6-7,10-11H2,1-3H3,(H,31,32). The summed E-state index contributed by atoms with van der Waals surface area (Å²) in [6.45, 7) is 6.27. The summed E-state index contributed by atoms with van der Waals surface area (Å²) in [4.78, 5) is 24.6. The Bertz CT molecular complexity index is 1290. The second-order valence-corrected chi connectivity index (χ2v) is 8.98. The second-order valence-electron chi connectivity index (χ2n) is 8.03. The molecule has 0 aliphatic carbocycles. The first-order chi connectivity index (χ1) is 16.3. The molecule has 34 heavy (non-hydrogen) atoms. The third-order valence-corrected chi connectivity index (χ3v) is 6.29. The molecule has 4 rings (SSSR count). The molecule has 0 saturated carbocycles. The zero-order valence-electron chi connectivity index (χ0n) is 18.9. The van der Waals surface area contributed by atoms with E-state index in [1.807, 2.05) is 26.8 Å². The summed E-state index contributed by atoms with van der Waals surface area (Å²) in [5.74, 6) is 0.246. The van der Waals surface area contributed by atoms with Gasteiger partial charge < -0.3 is 20.1 Å². The van der Waals surface area contributed by atoms with Gasteiger partial charge in [0.05, 0.1) is 17.4 Å². The highest BCUT2D eigenvalue weighted by Crippen LogP contribution is 2.31. The number of nitrogens with zero attached hydrogens (tertiary/aromatic N) is 6. The first-order valence-electron chi connectivity index (χ1n) is 10.6. The number of aromatic nitrogens is 4. The number of carbonyl (C=O) groups excluding carboxylic acids is 1. The first kappa shape index (κ1) is 23.2. The number of fused-ring (bicyclic) bond motifs is 1. The van der Waals surface area contributed by atoms with E-state index in [2.05, 4.69) is 26.7 Å². The Kier molecular flexibility index (Phi) is 6.47. The maximum Gasteiger partial charge on any atom is 0.405 e. The lowest BCUT2D eigenvalue weighted by atomic mass is 10.1. The molecule has 2 amide bonds. The molecule has 1 aliphatic heterocycles. The Morgan fingerprint density at radius 1 is 1.35 bits per heavy atom. The molecule has 2 N–H and O–H groups in total. The predicted octanol–water partition coefficient (Wildman–Crippen LogP) is 2.51. The van der Waals surface area contributed by atoms with Crippen LogP contribution in [0.3, 0.4) is 0 Å². The van der Waals surface area contributed by atoms with E-state index in [0.29, 0.717) is 41.0 Å². The number of carboxylic acid groups (broad SMARTS) is 1. The van der Waals surface area contributed by atoms with Crippen molar-refractivity contribution in [1.82, 2.24) is 30.2 Å². The van der Waals surface area contributed by atoms with E-state index in [1.54, 1.807) is 21.7 Å². The number of benzene rings is 1. The largest absolute Gasteiger partial charge is 0.490 e. The van der Waals surface area contributed by atoms with Crippen molar-refractivity contribution < 1.29 is 19.4 Å².